The van der Waals surface area contributed by atoms with E-state index in [4.69, 9.17) is 5.73 Å². The Hall–Kier alpha value is -0.890. The van der Waals surface area contributed by atoms with Crippen LogP contribution in [0.25, 0.3) is 0 Å². The lowest BCUT2D eigenvalue weighted by atomic mass is 9.99. The van der Waals surface area contributed by atoms with E-state index < -0.39 is 0 Å². The first-order valence-corrected chi connectivity index (χ1v) is 4.88. The van der Waals surface area contributed by atoms with Gasteiger partial charge in [0.25, 0.3) is 0 Å². The molecule has 2 N–H and O–H groups in total. The monoisotopic (exact) mass is 176 g/mol. The second kappa shape index (κ2) is 2.81. The molecule has 2 atom stereocenters. The highest BCUT2D eigenvalue weighted by Crippen LogP contribution is 2.52. The van der Waals surface area contributed by atoms with E-state index in [-0.39, 0.29) is 5.54 Å². The maximum atomic E-state index is 6.30. The summed E-state index contributed by atoms with van der Waals surface area (Å²) in [7, 11) is 0. The van der Waals surface area contributed by atoms with E-state index in [0.29, 0.717) is 5.92 Å². The van der Waals surface area contributed by atoms with Crippen molar-refractivity contribution in [2.75, 3.05) is 0 Å². The zero-order valence-corrected chi connectivity index (χ0v) is 8.25. The molecule has 2 nitrogen and oxygen atoms in total. The summed E-state index contributed by atoms with van der Waals surface area (Å²) in [6.45, 7) is 4.29. The van der Waals surface area contributed by atoms with Crippen LogP contribution in [0, 0.1) is 12.8 Å². The molecule has 1 saturated carbocycles. The summed E-state index contributed by atoms with van der Waals surface area (Å²) in [5, 5.41) is 0. The van der Waals surface area contributed by atoms with Gasteiger partial charge in [0.05, 0.1) is 0 Å². The van der Waals surface area contributed by atoms with E-state index in [2.05, 4.69) is 24.9 Å². The lowest BCUT2D eigenvalue weighted by Gasteiger charge is -2.13. The second-order valence-electron chi connectivity index (χ2n) is 4.04. The highest BCUT2D eigenvalue weighted by Gasteiger charge is 2.51. The van der Waals surface area contributed by atoms with Gasteiger partial charge in [-0.25, -0.2) is 0 Å². The summed E-state index contributed by atoms with van der Waals surface area (Å²) in [5.41, 5.74) is 8.77. The molecule has 70 valence electrons. The minimum atomic E-state index is -0.0399. The molecule has 1 aliphatic rings. The number of nitrogens with two attached hydrogens (primary N) is 1. The maximum absolute atomic E-state index is 6.30. The van der Waals surface area contributed by atoms with Gasteiger partial charge in [0.2, 0.25) is 0 Å². The fourth-order valence-electron chi connectivity index (χ4n) is 2.18. The van der Waals surface area contributed by atoms with E-state index >= 15 is 0 Å². The average Bonchev–Trinajstić information content (AvgIpc) is 2.79. The zero-order chi connectivity index (χ0) is 9.47. The van der Waals surface area contributed by atoms with Crippen LogP contribution in [0.1, 0.15) is 30.9 Å². The van der Waals surface area contributed by atoms with Gasteiger partial charge in [-0.3, -0.25) is 4.98 Å². The molecule has 1 aliphatic carbocycles. The van der Waals surface area contributed by atoms with Crippen LogP contribution in [0.3, 0.4) is 0 Å². The number of pyridine rings is 1. The summed E-state index contributed by atoms with van der Waals surface area (Å²) in [4.78, 5) is 4.08. The molecule has 1 aromatic heterocycles. The average molecular weight is 176 g/mol. The molecule has 1 fully saturated rings. The number of nitrogens with zero attached hydrogens (tertiary/aromatic N) is 1. The van der Waals surface area contributed by atoms with E-state index in [0.717, 1.165) is 6.42 Å². The maximum Gasteiger partial charge on any atom is 0.0446 e. The number of aryl methyl sites for hydroxylation is 1. The van der Waals surface area contributed by atoms with Gasteiger partial charge < -0.3 is 5.73 Å². The van der Waals surface area contributed by atoms with Crippen molar-refractivity contribution in [3.63, 3.8) is 0 Å². The molecule has 0 aromatic carbocycles. The van der Waals surface area contributed by atoms with Crippen LogP contribution < -0.4 is 5.73 Å². The van der Waals surface area contributed by atoms with Gasteiger partial charge >= 0.3 is 0 Å². The Balaban J connectivity index is 2.32. The van der Waals surface area contributed by atoms with Crippen molar-refractivity contribution in [1.29, 1.82) is 0 Å². The molecule has 0 amide bonds. The molecule has 1 heterocycles. The molecule has 2 rings (SSSR count). The van der Waals surface area contributed by atoms with Crippen molar-refractivity contribution in [3.05, 3.63) is 29.6 Å². The van der Waals surface area contributed by atoms with E-state index in [1.165, 1.54) is 17.5 Å². The Labute approximate surface area is 79.2 Å². The van der Waals surface area contributed by atoms with Crippen molar-refractivity contribution in [2.45, 2.75) is 32.2 Å². The van der Waals surface area contributed by atoms with Gasteiger partial charge in [-0.15, -0.1) is 0 Å². The van der Waals surface area contributed by atoms with Gasteiger partial charge in [-0.2, -0.15) is 0 Å². The van der Waals surface area contributed by atoms with Crippen LogP contribution in [-0.2, 0) is 5.54 Å². The molecule has 0 aliphatic heterocycles. The molecule has 0 spiro atoms. The van der Waals surface area contributed by atoms with E-state index in [1.54, 1.807) is 0 Å². The first-order chi connectivity index (χ1) is 6.18. The summed E-state index contributed by atoms with van der Waals surface area (Å²) in [6, 6.07) is 2.06. The number of hydrogen-bond acceptors (Lipinski definition) is 2. The van der Waals surface area contributed by atoms with Gasteiger partial charge in [-0.05, 0) is 36.5 Å². The van der Waals surface area contributed by atoms with Gasteiger partial charge in [0.15, 0.2) is 0 Å². The summed E-state index contributed by atoms with van der Waals surface area (Å²) in [6.07, 6.45) is 6.05. The molecule has 2 heteroatoms. The van der Waals surface area contributed by atoms with Crippen LogP contribution in [0.2, 0.25) is 0 Å². The molecule has 0 radical (unpaired) electrons. The third kappa shape index (κ3) is 1.25. The van der Waals surface area contributed by atoms with E-state index in [1.807, 2.05) is 12.4 Å². The Morgan fingerprint density at radius 2 is 2.46 bits per heavy atom. The van der Waals surface area contributed by atoms with Crippen molar-refractivity contribution in [1.82, 2.24) is 4.98 Å². The number of aromatic nitrogens is 1. The fourth-order valence-corrected chi connectivity index (χ4v) is 2.18. The highest BCUT2D eigenvalue weighted by atomic mass is 14.9. The first kappa shape index (κ1) is 8.70. The molecule has 0 bridgehead atoms. The highest BCUT2D eigenvalue weighted by molar-refractivity contribution is 5.36. The molecular weight excluding hydrogens is 160 g/mol. The Morgan fingerprint density at radius 1 is 1.69 bits per heavy atom. The van der Waals surface area contributed by atoms with Crippen molar-refractivity contribution >= 4 is 0 Å². The predicted octanol–water partition coefficient (Wildman–Crippen LogP) is 1.97. The zero-order valence-electron chi connectivity index (χ0n) is 8.25. The van der Waals surface area contributed by atoms with Crippen molar-refractivity contribution in [3.8, 4) is 0 Å². The Bertz CT molecular complexity index is 322. The fraction of sp³-hybridized carbons (Fsp3) is 0.545. The SMILES string of the molecule is CCC1CC1(N)c1ccncc1C. The largest absolute Gasteiger partial charge is 0.321 e. The molecule has 1 aromatic rings. The van der Waals surface area contributed by atoms with E-state index in [9.17, 15) is 0 Å². The summed E-state index contributed by atoms with van der Waals surface area (Å²) in [5.74, 6) is 0.675. The first-order valence-electron chi connectivity index (χ1n) is 4.88. The molecule has 2 unspecified atom stereocenters. The third-order valence-corrected chi connectivity index (χ3v) is 3.17. The van der Waals surface area contributed by atoms with Crippen LogP contribution in [0.15, 0.2) is 18.5 Å². The van der Waals surface area contributed by atoms with Crippen LogP contribution in [-0.4, -0.2) is 4.98 Å². The van der Waals surface area contributed by atoms with Gasteiger partial charge in [0.1, 0.15) is 0 Å². The van der Waals surface area contributed by atoms with Gasteiger partial charge in [0, 0.05) is 17.9 Å². The van der Waals surface area contributed by atoms with Gasteiger partial charge in [-0.1, -0.05) is 13.3 Å². The minimum Gasteiger partial charge on any atom is -0.321 e. The molecular formula is C11H16N2. The normalized spacial score (nSPS) is 31.8. The van der Waals surface area contributed by atoms with Crippen LogP contribution in [0.5, 0.6) is 0 Å². The Morgan fingerprint density at radius 3 is 3.00 bits per heavy atom. The van der Waals surface area contributed by atoms with Crippen molar-refractivity contribution < 1.29 is 0 Å². The third-order valence-electron chi connectivity index (χ3n) is 3.17. The van der Waals surface area contributed by atoms with Crippen LogP contribution >= 0.6 is 0 Å². The second-order valence-corrected chi connectivity index (χ2v) is 4.04. The smallest absolute Gasteiger partial charge is 0.0446 e. The summed E-state index contributed by atoms with van der Waals surface area (Å²) >= 11 is 0. The quantitative estimate of drug-likeness (QED) is 0.748. The molecule has 0 saturated heterocycles. The lowest BCUT2D eigenvalue weighted by Crippen LogP contribution is -2.23. The standard InChI is InChI=1S/C11H16N2/c1-3-9-6-11(9,12)10-4-5-13-7-8(10)2/h4-5,7,9H,3,6,12H2,1-2H3. The lowest BCUT2D eigenvalue weighted by molar-refractivity contribution is 0.611. The van der Waals surface area contributed by atoms with Crippen molar-refractivity contribution in [2.24, 2.45) is 11.7 Å². The number of hydrogen-bond donors (Lipinski definition) is 1. The summed E-state index contributed by atoms with van der Waals surface area (Å²) < 4.78 is 0. The van der Waals surface area contributed by atoms with Crippen LogP contribution in [0.4, 0.5) is 0 Å². The number of rotatable bonds is 2. The topological polar surface area (TPSA) is 38.9 Å². The Kier molecular flexibility index (Phi) is 1.88. The molecule has 13 heavy (non-hydrogen) atoms. The predicted molar refractivity (Wildman–Crippen MR) is 53.2 cm³/mol. The minimum absolute atomic E-state index is 0.0399.